The summed E-state index contributed by atoms with van der Waals surface area (Å²) in [7, 11) is 0. The van der Waals surface area contributed by atoms with Gasteiger partial charge in [0.1, 0.15) is 11.6 Å². The first kappa shape index (κ1) is 14.1. The van der Waals surface area contributed by atoms with Crippen LogP contribution in [0.25, 0.3) is 0 Å². The van der Waals surface area contributed by atoms with Crippen LogP contribution in [0.2, 0.25) is 0 Å². The van der Waals surface area contributed by atoms with Crippen LogP contribution in [0.1, 0.15) is 0 Å². The summed E-state index contributed by atoms with van der Waals surface area (Å²) < 4.78 is 77.4. The molecule has 0 radical (unpaired) electrons. The van der Waals surface area contributed by atoms with E-state index in [4.69, 9.17) is 0 Å². The number of alkyl halides is 5. The molecule has 1 aromatic rings. The molecule has 1 rings (SSSR count). The highest BCUT2D eigenvalue weighted by molar-refractivity contribution is 9.10. The molecule has 0 unspecified atom stereocenters. The van der Waals surface area contributed by atoms with Crippen LogP contribution in [0.5, 0.6) is 5.75 Å². The smallest absolute Gasteiger partial charge is 0.456 e. The van der Waals surface area contributed by atoms with Crippen LogP contribution >= 0.6 is 15.9 Å². The van der Waals surface area contributed by atoms with E-state index >= 15 is 0 Å². The number of rotatable bonds is 3. The second-order valence-electron chi connectivity index (χ2n) is 3.07. The Morgan fingerprint density at radius 2 is 1.71 bits per heavy atom. The van der Waals surface area contributed by atoms with Gasteiger partial charge in [0, 0.05) is 6.07 Å². The van der Waals surface area contributed by atoms with Crippen LogP contribution in [0.15, 0.2) is 22.7 Å². The Morgan fingerprint density at radius 1 is 1.12 bits per heavy atom. The van der Waals surface area contributed by atoms with Crippen molar-refractivity contribution in [3.8, 4) is 5.75 Å². The van der Waals surface area contributed by atoms with Crippen molar-refractivity contribution >= 4 is 15.9 Å². The maximum absolute atomic E-state index is 12.7. The van der Waals surface area contributed by atoms with Crippen LogP contribution in [0.4, 0.5) is 26.3 Å². The van der Waals surface area contributed by atoms with Gasteiger partial charge in [-0.1, -0.05) is 0 Å². The van der Waals surface area contributed by atoms with Crippen molar-refractivity contribution in [2.24, 2.45) is 0 Å². The molecule has 0 N–H and O–H groups in total. The van der Waals surface area contributed by atoms with Gasteiger partial charge in [0.2, 0.25) is 0 Å². The molecule has 17 heavy (non-hydrogen) atoms. The molecule has 0 fully saturated rings. The third-order valence-corrected chi connectivity index (χ3v) is 2.37. The maximum Gasteiger partial charge on any atom is 0.456 e. The van der Waals surface area contributed by atoms with Gasteiger partial charge in [-0.25, -0.2) is 4.39 Å². The standard InChI is InChI=1S/C9H5BrF6O/c10-6-2-1-5(11)3-7(6)17-4-8(12,13)9(14,15)16/h1-3H,4H2. The van der Waals surface area contributed by atoms with Crippen molar-refractivity contribution in [3.63, 3.8) is 0 Å². The minimum atomic E-state index is -5.70. The number of ether oxygens (including phenoxy) is 1. The summed E-state index contributed by atoms with van der Waals surface area (Å²) in [4.78, 5) is 0. The van der Waals surface area contributed by atoms with Crippen LogP contribution in [0.3, 0.4) is 0 Å². The summed E-state index contributed by atoms with van der Waals surface area (Å²) in [6, 6.07) is 2.84. The monoisotopic (exact) mass is 322 g/mol. The largest absolute Gasteiger partial charge is 0.486 e. The Hall–Kier alpha value is -0.920. The van der Waals surface area contributed by atoms with Crippen molar-refractivity contribution < 1.29 is 31.1 Å². The molecular formula is C9H5BrF6O. The normalized spacial score (nSPS) is 12.6. The van der Waals surface area contributed by atoms with Gasteiger partial charge in [0.05, 0.1) is 4.47 Å². The van der Waals surface area contributed by atoms with E-state index in [0.717, 1.165) is 12.1 Å². The topological polar surface area (TPSA) is 9.23 Å². The van der Waals surface area contributed by atoms with E-state index in [1.54, 1.807) is 0 Å². The second-order valence-corrected chi connectivity index (χ2v) is 3.92. The molecule has 0 saturated carbocycles. The summed E-state index contributed by atoms with van der Waals surface area (Å²) in [5.41, 5.74) is 0. The Morgan fingerprint density at radius 3 is 2.24 bits per heavy atom. The van der Waals surface area contributed by atoms with E-state index in [1.165, 1.54) is 0 Å². The van der Waals surface area contributed by atoms with Crippen LogP contribution in [0, 0.1) is 5.82 Å². The highest BCUT2D eigenvalue weighted by Gasteiger charge is 2.58. The Kier molecular flexibility index (Phi) is 3.95. The molecule has 0 heterocycles. The Balaban J connectivity index is 2.77. The maximum atomic E-state index is 12.7. The highest BCUT2D eigenvalue weighted by Crippen LogP contribution is 2.36. The van der Waals surface area contributed by atoms with Crippen molar-refractivity contribution in [1.29, 1.82) is 0 Å². The van der Waals surface area contributed by atoms with Crippen molar-refractivity contribution in [3.05, 3.63) is 28.5 Å². The molecule has 1 nitrogen and oxygen atoms in total. The summed E-state index contributed by atoms with van der Waals surface area (Å²) in [6.07, 6.45) is -5.70. The van der Waals surface area contributed by atoms with Gasteiger partial charge >= 0.3 is 12.1 Å². The van der Waals surface area contributed by atoms with E-state index in [-0.39, 0.29) is 4.47 Å². The summed E-state index contributed by atoms with van der Waals surface area (Å²) >= 11 is 2.83. The number of hydrogen-bond donors (Lipinski definition) is 0. The molecule has 0 bridgehead atoms. The van der Waals surface area contributed by atoms with E-state index in [2.05, 4.69) is 20.7 Å². The second kappa shape index (κ2) is 4.75. The molecule has 8 heteroatoms. The number of hydrogen-bond acceptors (Lipinski definition) is 1. The minimum absolute atomic E-state index is 0.0804. The lowest BCUT2D eigenvalue weighted by atomic mass is 10.3. The molecule has 1 aromatic carbocycles. The average Bonchev–Trinajstić information content (AvgIpc) is 2.18. The van der Waals surface area contributed by atoms with Crippen LogP contribution in [-0.2, 0) is 0 Å². The van der Waals surface area contributed by atoms with Gasteiger partial charge in [-0.2, -0.15) is 22.0 Å². The molecule has 0 saturated heterocycles. The van der Waals surface area contributed by atoms with Gasteiger partial charge in [-0.05, 0) is 28.1 Å². The predicted molar refractivity (Wildman–Crippen MR) is 50.6 cm³/mol. The quantitative estimate of drug-likeness (QED) is 0.759. The Labute approximate surface area is 101 Å². The summed E-state index contributed by atoms with van der Waals surface area (Å²) in [5.74, 6) is -6.22. The van der Waals surface area contributed by atoms with Gasteiger partial charge in [-0.15, -0.1) is 0 Å². The fourth-order valence-corrected chi connectivity index (χ4v) is 1.20. The van der Waals surface area contributed by atoms with Crippen molar-refractivity contribution in [2.45, 2.75) is 12.1 Å². The molecule has 0 spiro atoms. The molecule has 0 amide bonds. The van der Waals surface area contributed by atoms with Gasteiger partial charge in [0.25, 0.3) is 0 Å². The van der Waals surface area contributed by atoms with E-state index < -0.39 is 30.3 Å². The SMILES string of the molecule is Fc1ccc(Br)c(OCC(F)(F)C(F)(F)F)c1. The minimum Gasteiger partial charge on any atom is -0.486 e. The average molecular weight is 323 g/mol. The lowest BCUT2D eigenvalue weighted by molar-refractivity contribution is -0.290. The van der Waals surface area contributed by atoms with Gasteiger partial charge in [-0.3, -0.25) is 0 Å². The Bertz CT molecular complexity index is 403. The lowest BCUT2D eigenvalue weighted by Crippen LogP contribution is -2.41. The third kappa shape index (κ3) is 3.52. The van der Waals surface area contributed by atoms with Crippen molar-refractivity contribution in [1.82, 2.24) is 0 Å². The third-order valence-electron chi connectivity index (χ3n) is 1.72. The molecule has 0 atom stereocenters. The van der Waals surface area contributed by atoms with E-state index in [1.807, 2.05) is 0 Å². The van der Waals surface area contributed by atoms with Crippen LogP contribution in [-0.4, -0.2) is 18.7 Å². The van der Waals surface area contributed by atoms with Crippen molar-refractivity contribution in [2.75, 3.05) is 6.61 Å². The van der Waals surface area contributed by atoms with E-state index in [0.29, 0.717) is 6.07 Å². The fraction of sp³-hybridized carbons (Fsp3) is 0.333. The molecule has 0 aliphatic rings. The number of benzene rings is 1. The van der Waals surface area contributed by atoms with Gasteiger partial charge < -0.3 is 4.74 Å². The molecule has 0 aromatic heterocycles. The lowest BCUT2D eigenvalue weighted by Gasteiger charge is -2.20. The zero-order valence-corrected chi connectivity index (χ0v) is 9.58. The molecule has 96 valence electrons. The van der Waals surface area contributed by atoms with E-state index in [9.17, 15) is 26.3 Å². The molecule has 0 aliphatic carbocycles. The highest BCUT2D eigenvalue weighted by atomic mass is 79.9. The predicted octanol–water partition coefficient (Wildman–Crippen LogP) is 4.16. The number of halogens is 7. The first-order valence-electron chi connectivity index (χ1n) is 4.16. The van der Waals surface area contributed by atoms with Crippen LogP contribution < -0.4 is 4.74 Å². The first-order chi connectivity index (χ1) is 7.63. The van der Waals surface area contributed by atoms with Gasteiger partial charge in [0.15, 0.2) is 6.61 Å². The zero-order chi connectivity index (χ0) is 13.3. The summed E-state index contributed by atoms with van der Waals surface area (Å²) in [5, 5.41) is 0. The first-order valence-corrected chi connectivity index (χ1v) is 4.95. The zero-order valence-electron chi connectivity index (χ0n) is 7.99. The fourth-order valence-electron chi connectivity index (χ4n) is 0.838. The molecular weight excluding hydrogens is 318 g/mol. The molecule has 0 aliphatic heterocycles. The summed E-state index contributed by atoms with van der Waals surface area (Å²) in [6.45, 7) is -1.90.